The molecule has 8 nitrogen and oxygen atoms in total. The second kappa shape index (κ2) is 13.2. The van der Waals surface area contributed by atoms with Crippen molar-refractivity contribution >= 4 is 51.3 Å². The fourth-order valence-corrected chi connectivity index (χ4v) is 6.40. The van der Waals surface area contributed by atoms with Crippen molar-refractivity contribution in [2.24, 2.45) is 10.4 Å². The highest BCUT2D eigenvalue weighted by atomic mass is 127. The fraction of sp³-hybridized carbons (Fsp3) is 0.737. The molecule has 0 radical (unpaired) electrons. The van der Waals surface area contributed by atoms with E-state index in [0.29, 0.717) is 55.8 Å². The Hall–Kier alpha value is -0.470. The van der Waals surface area contributed by atoms with E-state index in [9.17, 15) is 13.5 Å². The van der Waals surface area contributed by atoms with Crippen molar-refractivity contribution in [1.29, 1.82) is 0 Å². The van der Waals surface area contributed by atoms with Crippen LogP contribution in [0.25, 0.3) is 0 Å². The lowest BCUT2D eigenvalue weighted by Crippen LogP contribution is -2.44. The molecule has 0 amide bonds. The molecule has 1 aromatic heterocycles. The number of aliphatic hydroxyl groups is 1. The molecule has 1 aliphatic rings. The molecule has 0 saturated carbocycles. The van der Waals surface area contributed by atoms with E-state index >= 15 is 0 Å². The number of aliphatic imine (C=N–C) groups is 1. The van der Waals surface area contributed by atoms with E-state index < -0.39 is 10.0 Å². The molecule has 0 aromatic carbocycles. The number of thiophene rings is 1. The molecule has 3 N–H and O–H groups in total. The van der Waals surface area contributed by atoms with Crippen LogP contribution in [0, 0.1) is 5.41 Å². The van der Waals surface area contributed by atoms with Gasteiger partial charge in [0, 0.05) is 56.7 Å². The quantitative estimate of drug-likeness (QED) is 0.212. The maximum absolute atomic E-state index is 12.6. The second-order valence-corrected chi connectivity index (χ2v) is 10.5. The zero-order valence-corrected chi connectivity index (χ0v) is 22.0. The monoisotopic (exact) mass is 574 g/mol. The number of nitrogens with one attached hydrogen (secondary N) is 2. The predicted octanol–water partition coefficient (Wildman–Crippen LogP) is 1.89. The Bertz CT molecular complexity index is 760. The van der Waals surface area contributed by atoms with Crippen LogP contribution in [0.3, 0.4) is 0 Å². The molecule has 11 heteroatoms. The molecule has 174 valence electrons. The smallest absolute Gasteiger partial charge is 0.252 e. The number of sulfonamides is 1. The average molecular weight is 575 g/mol. The molecule has 0 aliphatic carbocycles. The molecule has 1 aliphatic heterocycles. The third kappa shape index (κ3) is 7.30. The minimum absolute atomic E-state index is 0. The van der Waals surface area contributed by atoms with E-state index in [0.717, 1.165) is 17.9 Å². The van der Waals surface area contributed by atoms with Crippen molar-refractivity contribution in [2.75, 3.05) is 53.0 Å². The summed E-state index contributed by atoms with van der Waals surface area (Å²) in [5, 5.41) is 15.9. The van der Waals surface area contributed by atoms with Gasteiger partial charge in [0.25, 0.3) is 10.0 Å². The summed E-state index contributed by atoms with van der Waals surface area (Å²) in [7, 11) is -1.67. The number of hydrogen-bond donors (Lipinski definition) is 3. The number of rotatable bonds is 11. The van der Waals surface area contributed by atoms with Crippen molar-refractivity contribution < 1.29 is 18.3 Å². The highest BCUT2D eigenvalue weighted by Gasteiger charge is 2.34. The van der Waals surface area contributed by atoms with Gasteiger partial charge in [0.15, 0.2) is 5.96 Å². The van der Waals surface area contributed by atoms with E-state index in [1.807, 2.05) is 19.9 Å². The van der Waals surface area contributed by atoms with Crippen molar-refractivity contribution in [3.8, 4) is 0 Å². The van der Waals surface area contributed by atoms with Crippen molar-refractivity contribution in [3.63, 3.8) is 0 Å². The summed E-state index contributed by atoms with van der Waals surface area (Å²) in [5.74, 6) is 0.696. The van der Waals surface area contributed by atoms with Crippen LogP contribution in [0.1, 0.15) is 31.6 Å². The van der Waals surface area contributed by atoms with Crippen LogP contribution >= 0.6 is 35.3 Å². The minimum Gasteiger partial charge on any atom is -0.396 e. The van der Waals surface area contributed by atoms with E-state index in [-0.39, 0.29) is 36.0 Å². The summed E-state index contributed by atoms with van der Waals surface area (Å²) in [5.41, 5.74) is -0.0478. The largest absolute Gasteiger partial charge is 0.396 e. The van der Waals surface area contributed by atoms with Gasteiger partial charge in [-0.3, -0.25) is 4.99 Å². The molecule has 1 unspecified atom stereocenters. The highest BCUT2D eigenvalue weighted by molar-refractivity contribution is 14.0. The summed E-state index contributed by atoms with van der Waals surface area (Å²) in [6.07, 6.45) is 2.34. The predicted molar refractivity (Wildman–Crippen MR) is 132 cm³/mol. The van der Waals surface area contributed by atoms with E-state index in [1.54, 1.807) is 13.1 Å². The average Bonchev–Trinajstić information content (AvgIpc) is 3.36. The van der Waals surface area contributed by atoms with Crippen LogP contribution in [-0.2, 0) is 21.2 Å². The molecular weight excluding hydrogens is 539 g/mol. The molecular formula is C19H35IN4O4S2. The molecule has 1 fully saturated rings. The molecule has 2 rings (SSSR count). The molecule has 30 heavy (non-hydrogen) atoms. The van der Waals surface area contributed by atoms with Gasteiger partial charge in [-0.2, -0.15) is 4.31 Å². The zero-order chi connectivity index (χ0) is 21.3. The van der Waals surface area contributed by atoms with Crippen molar-refractivity contribution in [3.05, 3.63) is 17.0 Å². The van der Waals surface area contributed by atoms with Gasteiger partial charge in [0.2, 0.25) is 0 Å². The Balaban J connectivity index is 0.00000450. The van der Waals surface area contributed by atoms with Crippen molar-refractivity contribution in [2.45, 2.75) is 37.3 Å². The summed E-state index contributed by atoms with van der Waals surface area (Å²) in [6.45, 7) is 7.50. The van der Waals surface area contributed by atoms with Crippen LogP contribution in [-0.4, -0.2) is 76.8 Å². The number of aliphatic hydroxyl groups excluding tert-OH is 1. The highest BCUT2D eigenvalue weighted by Crippen LogP contribution is 2.31. The third-order valence-corrected chi connectivity index (χ3v) is 8.94. The molecule has 1 aromatic rings. The van der Waals surface area contributed by atoms with E-state index in [1.165, 1.54) is 15.6 Å². The summed E-state index contributed by atoms with van der Waals surface area (Å²) < 4.78 is 32.6. The third-order valence-electron chi connectivity index (χ3n) is 5.28. The Kier molecular flexibility index (Phi) is 12.1. The van der Waals surface area contributed by atoms with E-state index in [4.69, 9.17) is 4.74 Å². The number of guanidine groups is 1. The lowest BCUT2D eigenvalue weighted by atomic mass is 9.84. The van der Waals surface area contributed by atoms with Gasteiger partial charge in [0.1, 0.15) is 4.21 Å². The zero-order valence-electron chi connectivity index (χ0n) is 18.0. The number of ether oxygens (including phenoxy) is 1. The first-order valence-corrected chi connectivity index (χ1v) is 12.4. The lowest BCUT2D eigenvalue weighted by Gasteiger charge is -2.27. The van der Waals surface area contributed by atoms with Crippen LogP contribution in [0.4, 0.5) is 0 Å². The fourth-order valence-electron chi connectivity index (χ4n) is 3.43. The molecule has 1 saturated heterocycles. The molecule has 1 atom stereocenters. The first kappa shape index (κ1) is 27.6. The molecule has 0 spiro atoms. The maximum atomic E-state index is 12.6. The number of hydrogen-bond acceptors (Lipinski definition) is 6. The van der Waals surface area contributed by atoms with Crippen LogP contribution in [0.2, 0.25) is 0 Å². The lowest BCUT2D eigenvalue weighted by molar-refractivity contribution is 0.127. The number of halogens is 1. The van der Waals surface area contributed by atoms with Gasteiger partial charge < -0.3 is 20.5 Å². The molecule has 0 bridgehead atoms. The van der Waals surface area contributed by atoms with E-state index in [2.05, 4.69) is 15.6 Å². The normalized spacial score (nSPS) is 19.7. The Labute approximate surface area is 201 Å². The van der Waals surface area contributed by atoms with Gasteiger partial charge in [-0.15, -0.1) is 35.3 Å². The summed E-state index contributed by atoms with van der Waals surface area (Å²) >= 11 is 1.32. The minimum atomic E-state index is -3.39. The second-order valence-electron chi connectivity index (χ2n) is 7.19. The van der Waals surface area contributed by atoms with Gasteiger partial charge in [0.05, 0.1) is 6.61 Å². The van der Waals surface area contributed by atoms with Gasteiger partial charge in [-0.05, 0) is 31.4 Å². The Morgan fingerprint density at radius 1 is 1.33 bits per heavy atom. The standard InChI is InChI=1S/C19H34N4O4S2.HI/c1-4-23(5-2)29(25,26)17-7-6-16(28-17)8-11-21-18(20-3)22-14-19(9-12-24)10-13-27-15-19;/h6-7,24H,4-5,8-15H2,1-3H3,(H2,20,21,22);1H. The maximum Gasteiger partial charge on any atom is 0.252 e. The van der Waals surface area contributed by atoms with Crippen LogP contribution < -0.4 is 10.6 Å². The molecule has 2 heterocycles. The summed E-state index contributed by atoms with van der Waals surface area (Å²) in [4.78, 5) is 5.27. The van der Waals surface area contributed by atoms with Gasteiger partial charge in [-0.1, -0.05) is 13.8 Å². The topological polar surface area (TPSA) is 103 Å². The first-order chi connectivity index (χ1) is 13.9. The van der Waals surface area contributed by atoms with Gasteiger partial charge in [-0.25, -0.2) is 8.42 Å². The first-order valence-electron chi connectivity index (χ1n) is 10.1. The van der Waals surface area contributed by atoms with Crippen molar-refractivity contribution in [1.82, 2.24) is 14.9 Å². The Morgan fingerprint density at radius 3 is 2.63 bits per heavy atom. The SMILES string of the molecule is CCN(CC)S(=O)(=O)c1ccc(CCNC(=NC)NCC2(CCO)CCOC2)s1.I. The summed E-state index contributed by atoms with van der Waals surface area (Å²) in [6, 6.07) is 3.57. The number of nitrogens with zero attached hydrogens (tertiary/aromatic N) is 2. The van der Waals surface area contributed by atoms with Crippen LogP contribution in [0.5, 0.6) is 0 Å². The van der Waals surface area contributed by atoms with Crippen LogP contribution in [0.15, 0.2) is 21.3 Å². The van der Waals surface area contributed by atoms with Gasteiger partial charge >= 0.3 is 0 Å². The Morgan fingerprint density at radius 2 is 2.07 bits per heavy atom.